The molecule has 3 N–H and O–H groups in total. The highest BCUT2D eigenvalue weighted by Crippen LogP contribution is 1.93. The van der Waals surface area contributed by atoms with Crippen LogP contribution in [0.3, 0.4) is 0 Å². The molecule has 0 aromatic rings. The number of nitrogens with two attached hydrogens (primary N) is 1. The Bertz CT molecular complexity index is 133. The Hall–Kier alpha value is -1.06. The molecule has 0 rings (SSSR count). The van der Waals surface area contributed by atoms with Crippen LogP contribution >= 0.6 is 0 Å². The molecular weight excluding hydrogens is 123 g/mol. The van der Waals surface area contributed by atoms with Gasteiger partial charge in [0.2, 0.25) is 0 Å². The molecule has 0 spiro atoms. The Morgan fingerprint density at radius 2 is 2.44 bits per heavy atom. The van der Waals surface area contributed by atoms with E-state index in [-0.39, 0.29) is 5.70 Å². The number of halogens is 1. The number of rotatable bonds is 2. The molecule has 0 fully saturated rings. The van der Waals surface area contributed by atoms with Gasteiger partial charge in [-0.15, -0.1) is 0 Å². The summed E-state index contributed by atoms with van der Waals surface area (Å²) in [6.07, 6.45) is 0.754. The van der Waals surface area contributed by atoms with Crippen molar-refractivity contribution in [2.45, 2.75) is 13.3 Å². The molecule has 0 atom stereocenters. The number of carbonyl (C=O) groups excluding carboxylic acids is 1. The monoisotopic (exact) mass is 132 g/mol. The Balaban J connectivity index is 3.71. The summed E-state index contributed by atoms with van der Waals surface area (Å²) in [7, 11) is 0. The van der Waals surface area contributed by atoms with Gasteiger partial charge in [0.15, 0.2) is 0 Å². The lowest BCUT2D eigenvalue weighted by Gasteiger charge is -1.99. The maximum atomic E-state index is 11.6. The summed E-state index contributed by atoms with van der Waals surface area (Å²) in [6, 6.07) is -0.735. The third kappa shape index (κ3) is 3.52. The van der Waals surface area contributed by atoms with E-state index in [1.54, 1.807) is 6.92 Å². The normalized spacial score (nSPS) is 11.1. The van der Waals surface area contributed by atoms with E-state index in [2.05, 4.69) is 11.1 Å². The zero-order chi connectivity index (χ0) is 7.28. The van der Waals surface area contributed by atoms with E-state index in [4.69, 9.17) is 0 Å². The Labute approximate surface area is 52.7 Å². The molecule has 0 aromatic carbocycles. The molecule has 3 nitrogen and oxygen atoms in total. The first-order valence-electron chi connectivity index (χ1n) is 2.56. The molecule has 0 saturated heterocycles. The quantitative estimate of drug-likeness (QED) is 0.575. The number of hydrogen-bond donors (Lipinski definition) is 2. The lowest BCUT2D eigenvalue weighted by Crippen LogP contribution is -2.28. The van der Waals surface area contributed by atoms with Crippen LogP contribution in [0.5, 0.6) is 0 Å². The van der Waals surface area contributed by atoms with Crippen LogP contribution in [0.25, 0.3) is 0 Å². The van der Waals surface area contributed by atoms with Crippen molar-refractivity contribution in [3.63, 3.8) is 0 Å². The van der Waals surface area contributed by atoms with Gasteiger partial charge < -0.3 is 11.1 Å². The minimum absolute atomic E-state index is 0.197. The molecule has 0 aliphatic carbocycles. The van der Waals surface area contributed by atoms with E-state index < -0.39 is 6.03 Å². The number of primary amides is 1. The average Bonchev–Trinajstić information content (AvgIpc) is 1.82. The summed E-state index contributed by atoms with van der Waals surface area (Å²) >= 11 is 0. The van der Waals surface area contributed by atoms with Crippen LogP contribution in [0.2, 0.25) is 0 Å². The Kier molecular flexibility index (Phi) is 3.43. The van der Waals surface area contributed by atoms with Gasteiger partial charge >= 0.3 is 6.03 Å². The topological polar surface area (TPSA) is 55.1 Å². The van der Waals surface area contributed by atoms with E-state index in [0.29, 0.717) is 12.8 Å². The van der Waals surface area contributed by atoms with Gasteiger partial charge in [-0.05, 0) is 6.42 Å². The van der Waals surface area contributed by atoms with Crippen LogP contribution in [0.4, 0.5) is 9.18 Å². The molecular formula is C5H9FN2O. The molecule has 4 heteroatoms. The SMILES string of the molecule is CC/C(=C/F)NC(N)=O. The number of nitrogens with one attached hydrogen (secondary N) is 1. The number of allylic oxidation sites excluding steroid dienone is 1. The number of amides is 2. The first-order chi connectivity index (χ1) is 4.20. The molecule has 9 heavy (non-hydrogen) atoms. The van der Waals surface area contributed by atoms with E-state index in [1.165, 1.54) is 0 Å². The lowest BCUT2D eigenvalue weighted by molar-refractivity contribution is 0.251. The molecule has 0 aromatic heterocycles. The van der Waals surface area contributed by atoms with Crippen molar-refractivity contribution in [3.05, 3.63) is 12.0 Å². The average molecular weight is 132 g/mol. The van der Waals surface area contributed by atoms with Crippen LogP contribution in [0.15, 0.2) is 12.0 Å². The second-order valence-corrected chi connectivity index (χ2v) is 1.48. The largest absolute Gasteiger partial charge is 0.351 e. The first kappa shape index (κ1) is 7.94. The van der Waals surface area contributed by atoms with E-state index in [0.717, 1.165) is 0 Å². The molecule has 2 amide bonds. The molecule has 0 heterocycles. The molecule has 0 aliphatic heterocycles. The minimum Gasteiger partial charge on any atom is -0.351 e. The van der Waals surface area contributed by atoms with E-state index >= 15 is 0 Å². The van der Waals surface area contributed by atoms with Crippen molar-refractivity contribution in [2.24, 2.45) is 5.73 Å². The van der Waals surface area contributed by atoms with Crippen LogP contribution in [0.1, 0.15) is 13.3 Å². The molecule has 0 aliphatic rings. The van der Waals surface area contributed by atoms with Gasteiger partial charge in [0.25, 0.3) is 0 Å². The second kappa shape index (κ2) is 3.88. The van der Waals surface area contributed by atoms with Gasteiger partial charge in [-0.3, -0.25) is 0 Å². The summed E-state index contributed by atoms with van der Waals surface area (Å²) in [6.45, 7) is 1.71. The zero-order valence-corrected chi connectivity index (χ0v) is 5.15. The summed E-state index contributed by atoms with van der Waals surface area (Å²) in [4.78, 5) is 10.0. The number of urea groups is 1. The van der Waals surface area contributed by atoms with Crippen LogP contribution < -0.4 is 11.1 Å². The number of hydrogen-bond acceptors (Lipinski definition) is 1. The second-order valence-electron chi connectivity index (χ2n) is 1.48. The third-order valence-electron chi connectivity index (χ3n) is 0.796. The highest BCUT2D eigenvalue weighted by Gasteiger charge is 1.94. The minimum atomic E-state index is -0.735. The van der Waals surface area contributed by atoms with Crippen LogP contribution in [0, 0.1) is 0 Å². The van der Waals surface area contributed by atoms with Crippen molar-refractivity contribution in [1.82, 2.24) is 5.32 Å². The van der Waals surface area contributed by atoms with Crippen molar-refractivity contribution in [2.75, 3.05) is 0 Å². The van der Waals surface area contributed by atoms with Crippen LogP contribution in [-0.4, -0.2) is 6.03 Å². The molecule has 0 bridgehead atoms. The van der Waals surface area contributed by atoms with E-state index in [9.17, 15) is 9.18 Å². The van der Waals surface area contributed by atoms with Crippen molar-refractivity contribution in [1.29, 1.82) is 0 Å². The fourth-order valence-corrected chi connectivity index (χ4v) is 0.351. The van der Waals surface area contributed by atoms with Crippen LogP contribution in [-0.2, 0) is 0 Å². The molecule has 0 radical (unpaired) electrons. The highest BCUT2D eigenvalue weighted by molar-refractivity contribution is 5.73. The smallest absolute Gasteiger partial charge is 0.316 e. The summed E-state index contributed by atoms with van der Waals surface area (Å²) in [5.41, 5.74) is 4.88. The summed E-state index contributed by atoms with van der Waals surface area (Å²) in [5.74, 6) is 0. The van der Waals surface area contributed by atoms with Crippen molar-refractivity contribution < 1.29 is 9.18 Å². The van der Waals surface area contributed by atoms with Gasteiger partial charge in [-0.1, -0.05) is 6.92 Å². The highest BCUT2D eigenvalue weighted by atomic mass is 19.1. The van der Waals surface area contributed by atoms with Gasteiger partial charge in [0.1, 0.15) is 6.33 Å². The van der Waals surface area contributed by atoms with E-state index in [1.807, 2.05) is 0 Å². The predicted molar refractivity (Wildman–Crippen MR) is 32.2 cm³/mol. The maximum Gasteiger partial charge on any atom is 0.316 e. The van der Waals surface area contributed by atoms with Gasteiger partial charge in [-0.2, -0.15) is 0 Å². The van der Waals surface area contributed by atoms with Gasteiger partial charge in [-0.25, -0.2) is 9.18 Å². The van der Waals surface area contributed by atoms with Crippen molar-refractivity contribution >= 4 is 6.03 Å². The zero-order valence-electron chi connectivity index (χ0n) is 5.15. The number of carbonyl (C=O) groups is 1. The maximum absolute atomic E-state index is 11.6. The Morgan fingerprint density at radius 1 is 1.89 bits per heavy atom. The standard InChI is InChI=1S/C5H9FN2O/c1-2-4(3-6)8-5(7)9/h3H,2H2,1H3,(H3,7,8,9)/b4-3-. The van der Waals surface area contributed by atoms with Crippen molar-refractivity contribution in [3.8, 4) is 0 Å². The third-order valence-corrected chi connectivity index (χ3v) is 0.796. The predicted octanol–water partition coefficient (Wildman–Crippen LogP) is 0.876. The molecule has 52 valence electrons. The lowest BCUT2D eigenvalue weighted by atomic mass is 10.4. The fourth-order valence-electron chi connectivity index (χ4n) is 0.351. The summed E-state index contributed by atoms with van der Waals surface area (Å²) in [5, 5.41) is 2.10. The van der Waals surface area contributed by atoms with Gasteiger partial charge in [0.05, 0.1) is 0 Å². The first-order valence-corrected chi connectivity index (χ1v) is 2.56. The summed E-state index contributed by atoms with van der Waals surface area (Å²) < 4.78 is 11.6. The molecule has 0 unspecified atom stereocenters. The molecule has 0 saturated carbocycles. The Morgan fingerprint density at radius 3 is 2.56 bits per heavy atom. The fraction of sp³-hybridized carbons (Fsp3) is 0.400. The van der Waals surface area contributed by atoms with Gasteiger partial charge in [0, 0.05) is 5.70 Å².